The SMILES string of the molecule is O=C(CCC(C[Si](c1ccccc1)(c1ccccc1)c1ccccc1)c1ccco1)c1ccccc1. The Morgan fingerprint density at radius 2 is 1.08 bits per heavy atom. The molecule has 0 aliphatic heterocycles. The van der Waals surface area contributed by atoms with E-state index in [4.69, 9.17) is 4.42 Å². The number of hydrogen-bond acceptors (Lipinski definition) is 2. The van der Waals surface area contributed by atoms with Gasteiger partial charge in [0.25, 0.3) is 0 Å². The summed E-state index contributed by atoms with van der Waals surface area (Å²) < 4.78 is 6.00. The summed E-state index contributed by atoms with van der Waals surface area (Å²) in [6.07, 6.45) is 2.97. The predicted octanol–water partition coefficient (Wildman–Crippen LogP) is 6.20. The van der Waals surface area contributed by atoms with Gasteiger partial charge in [-0.2, -0.15) is 0 Å². The summed E-state index contributed by atoms with van der Waals surface area (Å²) in [5.74, 6) is 1.24. The monoisotopic (exact) mass is 486 g/mol. The third-order valence-corrected chi connectivity index (χ3v) is 12.2. The predicted molar refractivity (Wildman–Crippen MR) is 150 cm³/mol. The minimum absolute atomic E-state index is 0.111. The lowest BCUT2D eigenvalue weighted by atomic mass is 9.98. The molecule has 178 valence electrons. The molecule has 0 bridgehead atoms. The third kappa shape index (κ3) is 5.02. The van der Waals surface area contributed by atoms with E-state index < -0.39 is 8.07 Å². The molecule has 4 aromatic carbocycles. The molecule has 0 fully saturated rings. The number of carbonyl (C=O) groups excluding carboxylic acids is 1. The van der Waals surface area contributed by atoms with E-state index in [1.54, 1.807) is 6.26 Å². The van der Waals surface area contributed by atoms with Crippen molar-refractivity contribution in [3.8, 4) is 0 Å². The van der Waals surface area contributed by atoms with Gasteiger partial charge in [-0.3, -0.25) is 4.79 Å². The Balaban J connectivity index is 1.60. The van der Waals surface area contributed by atoms with Crippen molar-refractivity contribution < 1.29 is 9.21 Å². The van der Waals surface area contributed by atoms with Crippen LogP contribution in [0.1, 0.15) is 34.9 Å². The van der Waals surface area contributed by atoms with Crippen molar-refractivity contribution in [3.05, 3.63) is 151 Å². The number of benzene rings is 4. The minimum atomic E-state index is -2.47. The van der Waals surface area contributed by atoms with Crippen molar-refractivity contribution in [2.24, 2.45) is 0 Å². The van der Waals surface area contributed by atoms with E-state index >= 15 is 0 Å². The molecule has 0 aliphatic carbocycles. The van der Waals surface area contributed by atoms with Gasteiger partial charge in [-0.05, 0) is 40.2 Å². The van der Waals surface area contributed by atoms with Crippen LogP contribution in [-0.4, -0.2) is 13.9 Å². The van der Waals surface area contributed by atoms with E-state index in [1.807, 2.05) is 36.4 Å². The molecule has 0 N–H and O–H groups in total. The van der Waals surface area contributed by atoms with Gasteiger partial charge < -0.3 is 4.42 Å². The molecular weight excluding hydrogens is 456 g/mol. The fourth-order valence-corrected chi connectivity index (χ4v) is 10.5. The maximum atomic E-state index is 13.1. The van der Waals surface area contributed by atoms with Gasteiger partial charge in [-0.15, -0.1) is 0 Å². The molecule has 36 heavy (non-hydrogen) atoms. The molecule has 0 spiro atoms. The van der Waals surface area contributed by atoms with E-state index in [-0.39, 0.29) is 11.7 Å². The van der Waals surface area contributed by atoms with Gasteiger partial charge in [0.1, 0.15) is 13.8 Å². The van der Waals surface area contributed by atoms with Crippen LogP contribution in [0, 0.1) is 0 Å². The van der Waals surface area contributed by atoms with Crippen LogP contribution in [-0.2, 0) is 0 Å². The van der Waals surface area contributed by atoms with Crippen molar-refractivity contribution in [1.82, 2.24) is 0 Å². The van der Waals surface area contributed by atoms with Crippen molar-refractivity contribution in [2.45, 2.75) is 24.8 Å². The molecule has 1 atom stereocenters. The molecule has 0 amide bonds. The van der Waals surface area contributed by atoms with E-state index in [9.17, 15) is 4.79 Å². The smallest absolute Gasteiger partial charge is 0.162 e. The standard InChI is InChI=1S/C33H30O2Si/c34-32(27-14-5-1-6-15-27)24-23-28(33-22-13-25-35-33)26-36(29-16-7-2-8-17-29,30-18-9-3-10-19-30)31-20-11-4-12-21-31/h1-22,25,28H,23-24,26H2. The van der Waals surface area contributed by atoms with Crippen LogP contribution in [0.3, 0.4) is 0 Å². The van der Waals surface area contributed by atoms with Gasteiger partial charge in [0.05, 0.1) is 6.26 Å². The van der Waals surface area contributed by atoms with Crippen LogP contribution in [0.15, 0.2) is 144 Å². The summed E-state index contributed by atoms with van der Waals surface area (Å²) in [5, 5.41) is 4.11. The molecule has 1 aromatic heterocycles. The second kappa shape index (κ2) is 11.2. The number of ketones is 1. The topological polar surface area (TPSA) is 30.2 Å². The van der Waals surface area contributed by atoms with Gasteiger partial charge >= 0.3 is 0 Å². The van der Waals surface area contributed by atoms with Gasteiger partial charge in [0.2, 0.25) is 0 Å². The molecule has 0 saturated heterocycles. The minimum Gasteiger partial charge on any atom is -0.469 e. The number of furan rings is 1. The number of hydrogen-bond donors (Lipinski definition) is 0. The second-order valence-electron chi connectivity index (χ2n) is 9.25. The lowest BCUT2D eigenvalue weighted by Gasteiger charge is -2.36. The fourth-order valence-electron chi connectivity index (χ4n) is 5.33. The zero-order chi connectivity index (χ0) is 24.6. The Morgan fingerprint density at radius 1 is 0.611 bits per heavy atom. The highest BCUT2D eigenvalue weighted by atomic mass is 28.3. The normalized spacial score (nSPS) is 12.2. The van der Waals surface area contributed by atoms with Crippen molar-refractivity contribution in [3.63, 3.8) is 0 Å². The summed E-state index contributed by atoms with van der Waals surface area (Å²) in [6, 6.07) is 47.3. The number of rotatable bonds is 10. The largest absolute Gasteiger partial charge is 0.469 e. The lowest BCUT2D eigenvalue weighted by Crippen LogP contribution is -2.67. The summed E-state index contributed by atoms with van der Waals surface area (Å²) >= 11 is 0. The van der Waals surface area contributed by atoms with Crippen LogP contribution in [0.4, 0.5) is 0 Å². The molecule has 5 aromatic rings. The zero-order valence-corrected chi connectivity index (χ0v) is 21.3. The molecule has 0 radical (unpaired) electrons. The quantitative estimate of drug-likeness (QED) is 0.134. The molecule has 3 heteroatoms. The van der Waals surface area contributed by atoms with Gasteiger partial charge in [-0.25, -0.2) is 0 Å². The maximum absolute atomic E-state index is 13.1. The molecule has 2 nitrogen and oxygen atoms in total. The van der Waals surface area contributed by atoms with Crippen LogP contribution < -0.4 is 15.6 Å². The highest BCUT2D eigenvalue weighted by Gasteiger charge is 2.42. The van der Waals surface area contributed by atoms with Crippen LogP contribution in [0.5, 0.6) is 0 Å². The van der Waals surface area contributed by atoms with E-state index in [0.29, 0.717) is 6.42 Å². The summed E-state index contributed by atoms with van der Waals surface area (Å²) in [4.78, 5) is 13.1. The number of Topliss-reactive ketones (excluding diaryl/α,β-unsaturated/α-hetero) is 1. The first-order valence-electron chi connectivity index (χ1n) is 12.6. The fraction of sp³-hybridized carbons (Fsp3) is 0.121. The van der Waals surface area contributed by atoms with Crippen LogP contribution >= 0.6 is 0 Å². The Kier molecular flexibility index (Phi) is 7.39. The summed E-state index contributed by atoms with van der Waals surface area (Å²) in [5.41, 5.74) is 0.772. The molecule has 5 rings (SSSR count). The number of carbonyl (C=O) groups is 1. The van der Waals surface area contributed by atoms with Crippen LogP contribution in [0.2, 0.25) is 6.04 Å². The molecule has 1 unspecified atom stereocenters. The Hall–Kier alpha value is -3.95. The van der Waals surface area contributed by atoms with Crippen LogP contribution in [0.25, 0.3) is 0 Å². The molecule has 1 heterocycles. The summed E-state index contributed by atoms with van der Waals surface area (Å²) in [7, 11) is -2.47. The van der Waals surface area contributed by atoms with E-state index in [1.165, 1.54) is 15.6 Å². The maximum Gasteiger partial charge on any atom is 0.162 e. The van der Waals surface area contributed by atoms with Crippen molar-refractivity contribution in [1.29, 1.82) is 0 Å². The highest BCUT2D eigenvalue weighted by Crippen LogP contribution is 2.32. The van der Waals surface area contributed by atoms with Gasteiger partial charge in [-0.1, -0.05) is 121 Å². The van der Waals surface area contributed by atoms with Crippen molar-refractivity contribution >= 4 is 29.4 Å². The average molecular weight is 487 g/mol. The van der Waals surface area contributed by atoms with Gasteiger partial charge in [0, 0.05) is 17.9 Å². The van der Waals surface area contributed by atoms with E-state index in [0.717, 1.165) is 23.8 Å². The molecule has 0 aliphatic rings. The lowest BCUT2D eigenvalue weighted by molar-refractivity contribution is 0.0977. The first-order chi connectivity index (χ1) is 17.8. The zero-order valence-electron chi connectivity index (χ0n) is 20.3. The second-order valence-corrected chi connectivity index (χ2v) is 13.2. The highest BCUT2D eigenvalue weighted by molar-refractivity contribution is 7.11. The average Bonchev–Trinajstić information content (AvgIpc) is 3.50. The van der Waals surface area contributed by atoms with Crippen molar-refractivity contribution in [2.75, 3.05) is 0 Å². The first-order valence-corrected chi connectivity index (χ1v) is 14.8. The van der Waals surface area contributed by atoms with E-state index in [2.05, 4.69) is 97.1 Å². The summed E-state index contributed by atoms with van der Waals surface area (Å²) in [6.45, 7) is 0. The Labute approximate surface area is 214 Å². The first kappa shape index (κ1) is 23.8. The Bertz CT molecular complexity index is 1250. The Morgan fingerprint density at radius 3 is 1.53 bits per heavy atom. The third-order valence-electron chi connectivity index (χ3n) is 7.11. The molecule has 0 saturated carbocycles. The van der Waals surface area contributed by atoms with Gasteiger partial charge in [0.15, 0.2) is 5.78 Å². The molecular formula is C33H30O2Si.